The van der Waals surface area contributed by atoms with Crippen LogP contribution in [0.1, 0.15) is 47.2 Å². The van der Waals surface area contributed by atoms with E-state index in [4.69, 9.17) is 32.7 Å². The smallest absolute Gasteiger partial charge is 0.339 e. The van der Waals surface area contributed by atoms with E-state index in [2.05, 4.69) is 0 Å². The molecule has 3 rings (SSSR count). The fourth-order valence-electron chi connectivity index (χ4n) is 3.66. The molecule has 2 atom stereocenters. The van der Waals surface area contributed by atoms with Gasteiger partial charge in [-0.25, -0.2) is 13.6 Å². The fourth-order valence-corrected chi connectivity index (χ4v) is 4.15. The Morgan fingerprint density at radius 1 is 1.03 bits per heavy atom. The lowest BCUT2D eigenvalue weighted by molar-refractivity contribution is 0.0526. The van der Waals surface area contributed by atoms with Crippen LogP contribution in [0.5, 0.6) is 11.5 Å². The molecule has 2 aromatic carbocycles. The zero-order valence-corrected chi connectivity index (χ0v) is 20.2. The van der Waals surface area contributed by atoms with Crippen molar-refractivity contribution < 1.29 is 23.0 Å². The number of nitrogens with zero attached hydrogens (tertiary/aromatic N) is 1. The summed E-state index contributed by atoms with van der Waals surface area (Å²) in [6, 6.07) is 12.0. The summed E-state index contributed by atoms with van der Waals surface area (Å²) in [5.74, 6) is -1.83. The van der Waals surface area contributed by atoms with Gasteiger partial charge in [-0.15, -0.1) is 0 Å². The Morgan fingerprint density at radius 3 is 2.29 bits per heavy atom. The van der Waals surface area contributed by atoms with E-state index in [-0.39, 0.29) is 22.8 Å². The average molecular weight is 510 g/mol. The predicted molar refractivity (Wildman–Crippen MR) is 128 cm³/mol. The number of rotatable bonds is 8. The number of aromatic nitrogens is 1. The summed E-state index contributed by atoms with van der Waals surface area (Å²) in [7, 11) is 1.51. The summed E-state index contributed by atoms with van der Waals surface area (Å²) in [6.07, 6.45) is -1.29. The first-order chi connectivity index (χ1) is 16.1. The molecule has 0 saturated heterocycles. The Kier molecular flexibility index (Phi) is 8.33. The van der Waals surface area contributed by atoms with Crippen molar-refractivity contribution >= 4 is 29.2 Å². The van der Waals surface area contributed by atoms with Crippen molar-refractivity contribution in [2.75, 3.05) is 6.61 Å². The molecule has 9 heteroatoms. The maximum Gasteiger partial charge on any atom is 0.339 e. The molecule has 0 N–H and O–H groups in total. The predicted octanol–water partition coefficient (Wildman–Crippen LogP) is 6.81. The van der Waals surface area contributed by atoms with Crippen LogP contribution in [0.4, 0.5) is 8.78 Å². The van der Waals surface area contributed by atoms with Gasteiger partial charge in [-0.05, 0) is 60.4 Å². The quantitative estimate of drug-likeness (QED) is 0.313. The summed E-state index contributed by atoms with van der Waals surface area (Å²) in [5.41, 5.74) is 0.640. The van der Waals surface area contributed by atoms with Crippen LogP contribution in [0.3, 0.4) is 0 Å². The van der Waals surface area contributed by atoms with Gasteiger partial charge in [-0.3, -0.25) is 4.79 Å². The fraction of sp³-hybridized carbons (Fsp3) is 0.280. The minimum Gasteiger partial charge on any atom is -0.462 e. The Hall–Kier alpha value is -2.90. The number of hydrogen-bond acceptors (Lipinski definition) is 4. The lowest BCUT2D eigenvalue weighted by atomic mass is 9.83. The van der Waals surface area contributed by atoms with E-state index in [0.29, 0.717) is 27.6 Å². The first kappa shape index (κ1) is 25.7. The Bertz CT molecular complexity index is 1250. The maximum absolute atomic E-state index is 14.1. The van der Waals surface area contributed by atoms with Crippen molar-refractivity contribution in [2.45, 2.75) is 32.1 Å². The first-order valence-corrected chi connectivity index (χ1v) is 11.3. The summed E-state index contributed by atoms with van der Waals surface area (Å²) in [6.45, 7) is 3.53. The van der Waals surface area contributed by atoms with E-state index >= 15 is 0 Å². The molecule has 0 spiro atoms. The number of hydrogen-bond donors (Lipinski definition) is 0. The van der Waals surface area contributed by atoms with E-state index in [9.17, 15) is 18.4 Å². The van der Waals surface area contributed by atoms with E-state index in [1.165, 1.54) is 42.1 Å². The lowest BCUT2D eigenvalue weighted by Gasteiger charge is -2.25. The molecule has 0 saturated carbocycles. The van der Waals surface area contributed by atoms with Crippen molar-refractivity contribution in [1.29, 1.82) is 0 Å². The first-order valence-electron chi connectivity index (χ1n) is 10.5. The number of aryl methyl sites for hydroxylation is 1. The van der Waals surface area contributed by atoms with Gasteiger partial charge in [0.25, 0.3) is 0 Å². The van der Waals surface area contributed by atoms with Crippen LogP contribution >= 0.6 is 23.2 Å². The SMILES string of the molecule is CCOC(=O)c1cc(Oc2ccc(Cl)c([C@H](C)C(c3ccc(=O)n(C)c3)C(F)F)c2)ccc1Cl. The van der Waals surface area contributed by atoms with Gasteiger partial charge in [0.15, 0.2) is 0 Å². The second kappa shape index (κ2) is 11.0. The van der Waals surface area contributed by atoms with Crippen LogP contribution in [0.2, 0.25) is 10.0 Å². The maximum atomic E-state index is 14.1. The number of alkyl halides is 2. The second-order valence-electron chi connectivity index (χ2n) is 7.71. The van der Waals surface area contributed by atoms with Crippen LogP contribution in [0, 0.1) is 0 Å². The van der Waals surface area contributed by atoms with Crippen molar-refractivity contribution in [2.24, 2.45) is 7.05 Å². The molecule has 34 heavy (non-hydrogen) atoms. The number of esters is 1. The van der Waals surface area contributed by atoms with Crippen LogP contribution in [-0.2, 0) is 11.8 Å². The van der Waals surface area contributed by atoms with Gasteiger partial charge in [-0.2, -0.15) is 0 Å². The molecule has 0 fully saturated rings. The Balaban J connectivity index is 1.94. The molecule has 0 aliphatic heterocycles. The number of benzene rings is 2. The summed E-state index contributed by atoms with van der Waals surface area (Å²) in [5, 5.41) is 0.520. The third-order valence-electron chi connectivity index (χ3n) is 5.43. The molecule has 5 nitrogen and oxygen atoms in total. The van der Waals surface area contributed by atoms with Crippen LogP contribution in [0.15, 0.2) is 59.5 Å². The van der Waals surface area contributed by atoms with Crippen LogP contribution in [-0.4, -0.2) is 23.6 Å². The van der Waals surface area contributed by atoms with Gasteiger partial charge in [0.2, 0.25) is 12.0 Å². The highest BCUT2D eigenvalue weighted by molar-refractivity contribution is 6.33. The molecule has 0 aliphatic carbocycles. The number of carbonyl (C=O) groups is 1. The van der Waals surface area contributed by atoms with E-state index in [0.717, 1.165) is 0 Å². The highest BCUT2D eigenvalue weighted by Crippen LogP contribution is 2.41. The Labute approximate surface area is 205 Å². The highest BCUT2D eigenvalue weighted by atomic mass is 35.5. The molecular weight excluding hydrogens is 487 g/mol. The summed E-state index contributed by atoms with van der Waals surface area (Å²) < 4.78 is 40.4. The summed E-state index contributed by atoms with van der Waals surface area (Å²) in [4.78, 5) is 23.8. The molecule has 3 aromatic rings. The van der Waals surface area contributed by atoms with Gasteiger partial charge >= 0.3 is 5.97 Å². The number of halogens is 4. The van der Waals surface area contributed by atoms with Gasteiger partial charge in [0.05, 0.1) is 23.1 Å². The minimum absolute atomic E-state index is 0.149. The van der Waals surface area contributed by atoms with Gasteiger partial charge in [0, 0.05) is 24.3 Å². The second-order valence-corrected chi connectivity index (χ2v) is 8.52. The molecule has 0 radical (unpaired) electrons. The monoisotopic (exact) mass is 509 g/mol. The molecule has 0 bridgehead atoms. The van der Waals surface area contributed by atoms with E-state index in [1.54, 1.807) is 38.1 Å². The molecular formula is C25H23Cl2F2NO4. The third kappa shape index (κ3) is 5.77. The standard InChI is InChI=1S/C25H23Cl2F2NO4/c1-4-33-25(32)19-12-17(7-9-21(19)27)34-16-6-8-20(26)18(11-16)14(2)23(24(28)29)15-5-10-22(31)30(3)13-15/h5-14,23-24H,4H2,1-3H3/t14-,23?/m0/s1. The van der Waals surface area contributed by atoms with Crippen LogP contribution in [0.25, 0.3) is 0 Å². The lowest BCUT2D eigenvalue weighted by Crippen LogP contribution is -2.21. The zero-order chi connectivity index (χ0) is 25.0. The van der Waals surface area contributed by atoms with Gasteiger partial charge < -0.3 is 14.0 Å². The molecule has 1 heterocycles. The number of carbonyl (C=O) groups excluding carboxylic acids is 1. The van der Waals surface area contributed by atoms with Gasteiger partial charge in [-0.1, -0.05) is 36.2 Å². The highest BCUT2D eigenvalue weighted by Gasteiger charge is 2.31. The zero-order valence-electron chi connectivity index (χ0n) is 18.7. The van der Waals surface area contributed by atoms with Gasteiger partial charge in [0.1, 0.15) is 11.5 Å². The normalized spacial score (nSPS) is 12.9. The van der Waals surface area contributed by atoms with Crippen molar-refractivity contribution in [1.82, 2.24) is 4.57 Å². The summed E-state index contributed by atoms with van der Waals surface area (Å²) >= 11 is 12.5. The average Bonchev–Trinajstić information content (AvgIpc) is 2.78. The molecule has 1 aromatic heterocycles. The minimum atomic E-state index is -2.70. The third-order valence-corrected chi connectivity index (χ3v) is 6.10. The topological polar surface area (TPSA) is 57.5 Å². The molecule has 0 amide bonds. The van der Waals surface area contributed by atoms with Crippen LogP contribution < -0.4 is 10.3 Å². The van der Waals surface area contributed by atoms with Crippen molar-refractivity contribution in [3.63, 3.8) is 0 Å². The molecule has 0 aliphatic rings. The Morgan fingerprint density at radius 2 is 1.68 bits per heavy atom. The van der Waals surface area contributed by atoms with Crippen molar-refractivity contribution in [3.05, 3.63) is 91.8 Å². The van der Waals surface area contributed by atoms with Crippen molar-refractivity contribution in [3.8, 4) is 11.5 Å². The van der Waals surface area contributed by atoms with E-state index in [1.807, 2.05) is 0 Å². The van der Waals surface area contributed by atoms with E-state index < -0.39 is 24.2 Å². The molecule has 1 unspecified atom stereocenters. The number of pyridine rings is 1. The molecule has 180 valence electrons. The largest absolute Gasteiger partial charge is 0.462 e. The number of ether oxygens (including phenoxy) is 2.